The number of fused-ring (bicyclic) bond motifs is 2. The fourth-order valence-electron chi connectivity index (χ4n) is 2.21. The highest BCUT2D eigenvalue weighted by Crippen LogP contribution is 2.30. The van der Waals surface area contributed by atoms with Crippen molar-refractivity contribution in [3.8, 4) is 0 Å². The molecule has 0 aliphatic carbocycles. The van der Waals surface area contributed by atoms with Gasteiger partial charge >= 0.3 is 0 Å². The van der Waals surface area contributed by atoms with Crippen molar-refractivity contribution >= 4 is 11.2 Å². The van der Waals surface area contributed by atoms with E-state index in [1.807, 2.05) is 0 Å². The van der Waals surface area contributed by atoms with E-state index in [1.54, 1.807) is 0 Å². The van der Waals surface area contributed by atoms with Crippen molar-refractivity contribution in [3.63, 3.8) is 0 Å². The van der Waals surface area contributed by atoms with Crippen LogP contribution < -0.4 is 0 Å². The lowest BCUT2D eigenvalue weighted by Crippen LogP contribution is -1.97. The Balaban J connectivity index is 2.27. The molecule has 2 rings (SSSR count). The summed E-state index contributed by atoms with van der Waals surface area (Å²) in [6, 6.07) is 4.39. The van der Waals surface area contributed by atoms with Crippen molar-refractivity contribution in [3.05, 3.63) is 23.3 Å². The normalized spacial score (nSPS) is 12.4. The maximum atomic E-state index is 5.75. The van der Waals surface area contributed by atoms with Crippen molar-refractivity contribution in [1.29, 1.82) is 0 Å². The van der Waals surface area contributed by atoms with Crippen molar-refractivity contribution in [1.82, 2.24) is 0 Å². The molecule has 2 bridgehead atoms. The summed E-state index contributed by atoms with van der Waals surface area (Å²) in [5.74, 6) is 1.40. The molecule has 0 aliphatic heterocycles. The molecule has 0 radical (unpaired) electrons. The molecule has 0 atom stereocenters. The minimum Gasteiger partial charge on any atom is -0.457 e. The van der Waals surface area contributed by atoms with Crippen molar-refractivity contribution < 1.29 is 4.42 Å². The zero-order chi connectivity index (χ0) is 11.0. The fourth-order valence-corrected chi connectivity index (χ4v) is 2.21. The first kappa shape index (κ1) is 10.5. The van der Waals surface area contributed by atoms with E-state index in [0.717, 1.165) is 24.0 Å². The third-order valence-electron chi connectivity index (χ3n) is 2.69. The van der Waals surface area contributed by atoms with Gasteiger partial charge in [-0.1, -0.05) is 27.7 Å². The van der Waals surface area contributed by atoms with Gasteiger partial charge in [0, 0.05) is 0 Å². The number of hydrogen-bond acceptors (Lipinski definition) is 1. The third-order valence-corrected chi connectivity index (χ3v) is 2.69. The highest BCUT2D eigenvalue weighted by Gasteiger charge is 2.15. The molecule has 0 aliphatic rings. The van der Waals surface area contributed by atoms with Crippen LogP contribution in [-0.2, 0) is 12.8 Å². The molecule has 0 unspecified atom stereocenters. The molecular formula is C14H20O. The number of benzene rings is 1. The van der Waals surface area contributed by atoms with Gasteiger partial charge in [0.05, 0.1) is 0 Å². The Morgan fingerprint density at radius 2 is 1.40 bits per heavy atom. The average molecular weight is 204 g/mol. The first-order valence-corrected chi connectivity index (χ1v) is 5.90. The first-order chi connectivity index (χ1) is 7.06. The summed E-state index contributed by atoms with van der Waals surface area (Å²) >= 11 is 0. The van der Waals surface area contributed by atoms with Crippen LogP contribution in [0.1, 0.15) is 38.8 Å². The van der Waals surface area contributed by atoms with E-state index < -0.39 is 0 Å². The predicted octanol–water partition coefficient (Wildman–Crippen LogP) is 4.27. The Hall–Kier alpha value is -0.980. The van der Waals surface area contributed by atoms with Crippen LogP contribution in [-0.4, -0.2) is 0 Å². The summed E-state index contributed by atoms with van der Waals surface area (Å²) in [6.07, 6.45) is 2.27. The minimum absolute atomic E-state index is 0.701. The molecule has 1 heteroatoms. The third kappa shape index (κ3) is 2.17. The fraction of sp³-hybridized carbons (Fsp3) is 0.571. The first-order valence-electron chi connectivity index (χ1n) is 5.90. The van der Waals surface area contributed by atoms with Crippen LogP contribution in [0.3, 0.4) is 0 Å². The van der Waals surface area contributed by atoms with Gasteiger partial charge in [-0.25, -0.2) is 0 Å². The molecule has 0 spiro atoms. The molecule has 82 valence electrons. The van der Waals surface area contributed by atoms with E-state index in [0.29, 0.717) is 11.8 Å². The summed E-state index contributed by atoms with van der Waals surface area (Å²) in [6.45, 7) is 9.02. The van der Waals surface area contributed by atoms with Crippen LogP contribution in [0.5, 0.6) is 0 Å². The summed E-state index contributed by atoms with van der Waals surface area (Å²) in [5, 5.41) is 0. The van der Waals surface area contributed by atoms with Crippen molar-refractivity contribution in [2.75, 3.05) is 0 Å². The zero-order valence-electron chi connectivity index (χ0n) is 10.1. The maximum Gasteiger partial charge on any atom is 0.134 e. The lowest BCUT2D eigenvalue weighted by atomic mass is 9.97. The molecule has 2 heterocycles. The van der Waals surface area contributed by atoms with E-state index in [4.69, 9.17) is 4.42 Å². The molecule has 1 nitrogen and oxygen atoms in total. The Bertz CT molecular complexity index is 388. The van der Waals surface area contributed by atoms with Gasteiger partial charge in [0.15, 0.2) is 0 Å². The Labute approximate surface area is 91.8 Å². The molecule has 15 heavy (non-hydrogen) atoms. The predicted molar refractivity (Wildman–Crippen MR) is 64.5 cm³/mol. The van der Waals surface area contributed by atoms with Crippen LogP contribution in [0.2, 0.25) is 0 Å². The number of rotatable bonds is 4. The van der Waals surface area contributed by atoms with Crippen LogP contribution in [0.25, 0.3) is 11.2 Å². The smallest absolute Gasteiger partial charge is 0.134 e. The molecule has 0 amide bonds. The number of hydrogen-bond donors (Lipinski definition) is 0. The Morgan fingerprint density at radius 1 is 0.933 bits per heavy atom. The lowest BCUT2D eigenvalue weighted by Gasteiger charge is -2.06. The van der Waals surface area contributed by atoms with E-state index in [1.165, 1.54) is 11.1 Å². The maximum absolute atomic E-state index is 5.75. The largest absolute Gasteiger partial charge is 0.457 e. The number of furan rings is 2. The SMILES string of the molecule is CC(C)Cc1cc2cc(CC(C)C)c1o2. The second-order valence-electron chi connectivity index (χ2n) is 5.37. The Kier molecular flexibility index (Phi) is 2.72. The van der Waals surface area contributed by atoms with Gasteiger partial charge < -0.3 is 4.42 Å². The molecule has 2 aromatic rings. The second kappa shape index (κ2) is 3.88. The van der Waals surface area contributed by atoms with E-state index >= 15 is 0 Å². The molecule has 0 saturated heterocycles. The Morgan fingerprint density at radius 3 is 1.73 bits per heavy atom. The highest BCUT2D eigenvalue weighted by molar-refractivity contribution is 5.71. The second-order valence-corrected chi connectivity index (χ2v) is 5.37. The summed E-state index contributed by atoms with van der Waals surface area (Å²) in [4.78, 5) is 0. The molecular weight excluding hydrogens is 184 g/mol. The average Bonchev–Trinajstić information content (AvgIpc) is 2.59. The van der Waals surface area contributed by atoms with Gasteiger partial charge in [0.25, 0.3) is 0 Å². The minimum atomic E-state index is 0.701. The van der Waals surface area contributed by atoms with Gasteiger partial charge in [-0.15, -0.1) is 0 Å². The van der Waals surface area contributed by atoms with Crippen LogP contribution >= 0.6 is 0 Å². The van der Waals surface area contributed by atoms with Gasteiger partial charge in [-0.3, -0.25) is 0 Å². The summed E-state index contributed by atoms with van der Waals surface area (Å²) in [7, 11) is 0. The topological polar surface area (TPSA) is 13.1 Å². The highest BCUT2D eigenvalue weighted by atomic mass is 16.3. The van der Waals surface area contributed by atoms with E-state index in [2.05, 4.69) is 39.8 Å². The quantitative estimate of drug-likeness (QED) is 0.725. The van der Waals surface area contributed by atoms with Gasteiger partial charge in [0.1, 0.15) is 11.2 Å². The van der Waals surface area contributed by atoms with Crippen LogP contribution in [0.15, 0.2) is 16.5 Å². The van der Waals surface area contributed by atoms with E-state index in [9.17, 15) is 0 Å². The van der Waals surface area contributed by atoms with Crippen molar-refractivity contribution in [2.24, 2.45) is 11.8 Å². The zero-order valence-corrected chi connectivity index (χ0v) is 10.1. The van der Waals surface area contributed by atoms with E-state index in [-0.39, 0.29) is 0 Å². The standard InChI is InChI=1S/C14H20O/c1-9(2)5-11-7-13-8-12(6-10(3)4)14(11)15-13/h7-10H,5-6H2,1-4H3. The van der Waals surface area contributed by atoms with Gasteiger partial charge in [0.2, 0.25) is 0 Å². The molecule has 2 aromatic heterocycles. The molecule has 0 saturated carbocycles. The van der Waals surface area contributed by atoms with Crippen LogP contribution in [0, 0.1) is 11.8 Å². The molecule has 0 N–H and O–H groups in total. The monoisotopic (exact) mass is 204 g/mol. The molecule has 0 aromatic carbocycles. The lowest BCUT2D eigenvalue weighted by molar-refractivity contribution is 0.622. The summed E-state index contributed by atoms with van der Waals surface area (Å²) < 4.78 is 5.75. The van der Waals surface area contributed by atoms with Crippen molar-refractivity contribution in [2.45, 2.75) is 40.5 Å². The summed E-state index contributed by atoms with van der Waals surface area (Å²) in [5.41, 5.74) is 5.01. The van der Waals surface area contributed by atoms with Crippen LogP contribution in [0.4, 0.5) is 0 Å². The van der Waals surface area contributed by atoms with Gasteiger partial charge in [-0.05, 0) is 47.9 Å². The van der Waals surface area contributed by atoms with Gasteiger partial charge in [-0.2, -0.15) is 0 Å². The molecule has 0 fully saturated rings.